The number of aromatic nitrogens is 3. The van der Waals surface area contributed by atoms with Crippen molar-refractivity contribution in [2.45, 2.75) is 6.42 Å². The molecule has 16 heavy (non-hydrogen) atoms. The first kappa shape index (κ1) is 9.59. The Kier molecular flexibility index (Phi) is 2.25. The lowest BCUT2D eigenvalue weighted by Gasteiger charge is -2.12. The van der Waals surface area contributed by atoms with Crippen molar-refractivity contribution in [1.29, 1.82) is 0 Å². The van der Waals surface area contributed by atoms with Crippen molar-refractivity contribution in [1.82, 2.24) is 14.6 Å². The fraction of sp³-hybridized carbons (Fsp3) is 0.455. The summed E-state index contributed by atoms with van der Waals surface area (Å²) >= 11 is 0. The van der Waals surface area contributed by atoms with E-state index in [1.807, 2.05) is 28.9 Å². The molecule has 5 nitrogen and oxygen atoms in total. The van der Waals surface area contributed by atoms with Crippen LogP contribution in [0.4, 0.5) is 5.95 Å². The predicted molar refractivity (Wildman–Crippen MR) is 62.4 cm³/mol. The summed E-state index contributed by atoms with van der Waals surface area (Å²) in [7, 11) is 0. The lowest BCUT2D eigenvalue weighted by molar-refractivity contribution is 0.602. The molecule has 5 heteroatoms. The van der Waals surface area contributed by atoms with E-state index in [2.05, 4.69) is 15.0 Å². The van der Waals surface area contributed by atoms with Crippen molar-refractivity contribution in [3.8, 4) is 0 Å². The Bertz CT molecular complexity index is 459. The van der Waals surface area contributed by atoms with Crippen LogP contribution in [0.5, 0.6) is 0 Å². The normalized spacial score (nSPS) is 20.8. The molecule has 0 radical (unpaired) electrons. The first-order valence-corrected chi connectivity index (χ1v) is 5.63. The molecule has 0 saturated carbocycles. The Morgan fingerprint density at radius 3 is 3.12 bits per heavy atom. The van der Waals surface area contributed by atoms with Crippen LogP contribution >= 0.6 is 0 Å². The topological polar surface area (TPSA) is 59.5 Å². The van der Waals surface area contributed by atoms with Gasteiger partial charge in [-0.15, -0.1) is 5.10 Å². The number of rotatable bonds is 2. The minimum atomic E-state index is 0.589. The highest BCUT2D eigenvalue weighted by atomic mass is 15.4. The lowest BCUT2D eigenvalue weighted by Crippen LogP contribution is -2.23. The highest BCUT2D eigenvalue weighted by molar-refractivity contribution is 5.44. The van der Waals surface area contributed by atoms with Crippen molar-refractivity contribution in [3.63, 3.8) is 0 Å². The Labute approximate surface area is 93.9 Å². The molecule has 3 heterocycles. The van der Waals surface area contributed by atoms with Gasteiger partial charge in [-0.3, -0.25) is 0 Å². The predicted octanol–water partition coefficient (Wildman–Crippen LogP) is 0.514. The number of anilines is 1. The van der Waals surface area contributed by atoms with Crippen LogP contribution in [0.25, 0.3) is 5.65 Å². The monoisotopic (exact) mass is 217 g/mol. The summed E-state index contributed by atoms with van der Waals surface area (Å²) in [5, 5.41) is 4.45. The van der Waals surface area contributed by atoms with Crippen LogP contribution in [-0.4, -0.2) is 34.2 Å². The van der Waals surface area contributed by atoms with Gasteiger partial charge in [0.2, 0.25) is 5.95 Å². The summed E-state index contributed by atoms with van der Waals surface area (Å²) in [6.45, 7) is 2.75. The van der Waals surface area contributed by atoms with Crippen molar-refractivity contribution in [2.75, 3.05) is 24.5 Å². The van der Waals surface area contributed by atoms with Crippen LogP contribution in [0.1, 0.15) is 6.42 Å². The van der Waals surface area contributed by atoms with Crippen LogP contribution in [0.15, 0.2) is 24.4 Å². The molecule has 1 unspecified atom stereocenters. The van der Waals surface area contributed by atoms with E-state index in [0.29, 0.717) is 5.92 Å². The van der Waals surface area contributed by atoms with Crippen LogP contribution in [0.2, 0.25) is 0 Å². The van der Waals surface area contributed by atoms with Gasteiger partial charge in [-0.05, 0) is 31.0 Å². The second-order valence-corrected chi connectivity index (χ2v) is 4.25. The summed E-state index contributed by atoms with van der Waals surface area (Å²) in [5.74, 6) is 1.41. The summed E-state index contributed by atoms with van der Waals surface area (Å²) in [6.07, 6.45) is 3.06. The molecule has 3 rings (SSSR count). The van der Waals surface area contributed by atoms with Crippen molar-refractivity contribution in [2.24, 2.45) is 11.7 Å². The third-order valence-electron chi connectivity index (χ3n) is 3.13. The van der Waals surface area contributed by atoms with Gasteiger partial charge in [0.05, 0.1) is 0 Å². The number of hydrogen-bond donors (Lipinski definition) is 1. The molecule has 0 aromatic carbocycles. The molecule has 0 amide bonds. The first-order chi connectivity index (χ1) is 7.86. The highest BCUT2D eigenvalue weighted by Gasteiger charge is 2.23. The van der Waals surface area contributed by atoms with E-state index in [0.717, 1.165) is 37.7 Å². The standard InChI is InChI=1S/C11H15N5/c12-7-9-4-6-15(8-9)11-13-10-3-1-2-5-16(10)14-11/h1-3,5,9H,4,6-8,12H2. The van der Waals surface area contributed by atoms with E-state index in [4.69, 9.17) is 5.73 Å². The third kappa shape index (κ3) is 1.53. The number of pyridine rings is 1. The molecule has 1 atom stereocenters. The van der Waals surface area contributed by atoms with Gasteiger partial charge >= 0.3 is 0 Å². The van der Waals surface area contributed by atoms with Crippen LogP contribution in [0.3, 0.4) is 0 Å². The Hall–Kier alpha value is -1.62. The van der Waals surface area contributed by atoms with E-state index in [1.54, 1.807) is 0 Å². The molecule has 84 valence electrons. The molecule has 1 fully saturated rings. The van der Waals surface area contributed by atoms with E-state index in [-0.39, 0.29) is 0 Å². The van der Waals surface area contributed by atoms with Gasteiger partial charge in [0.25, 0.3) is 0 Å². The first-order valence-electron chi connectivity index (χ1n) is 5.63. The summed E-state index contributed by atoms with van der Waals surface area (Å²) in [5.41, 5.74) is 6.57. The largest absolute Gasteiger partial charge is 0.339 e. The molecule has 2 N–H and O–H groups in total. The quantitative estimate of drug-likeness (QED) is 0.796. The molecule has 0 spiro atoms. The molecular formula is C11H15N5. The van der Waals surface area contributed by atoms with E-state index >= 15 is 0 Å². The zero-order valence-electron chi connectivity index (χ0n) is 9.08. The minimum absolute atomic E-state index is 0.589. The van der Waals surface area contributed by atoms with Gasteiger partial charge in [0.15, 0.2) is 5.65 Å². The lowest BCUT2D eigenvalue weighted by atomic mass is 10.1. The minimum Gasteiger partial charge on any atom is -0.339 e. The van der Waals surface area contributed by atoms with Crippen molar-refractivity contribution >= 4 is 11.6 Å². The number of nitrogens with zero attached hydrogens (tertiary/aromatic N) is 4. The maximum atomic E-state index is 5.68. The maximum absolute atomic E-state index is 5.68. The van der Waals surface area contributed by atoms with E-state index < -0.39 is 0 Å². The van der Waals surface area contributed by atoms with Gasteiger partial charge in [0, 0.05) is 19.3 Å². The Balaban J connectivity index is 1.89. The number of hydrogen-bond acceptors (Lipinski definition) is 4. The van der Waals surface area contributed by atoms with E-state index in [9.17, 15) is 0 Å². The van der Waals surface area contributed by atoms with Crippen molar-refractivity contribution < 1.29 is 0 Å². The molecule has 1 aliphatic rings. The summed E-state index contributed by atoms with van der Waals surface area (Å²) in [6, 6.07) is 5.89. The fourth-order valence-corrected chi connectivity index (χ4v) is 2.16. The maximum Gasteiger partial charge on any atom is 0.245 e. The van der Waals surface area contributed by atoms with Gasteiger partial charge < -0.3 is 10.6 Å². The van der Waals surface area contributed by atoms with Gasteiger partial charge in [0.1, 0.15) is 0 Å². The molecule has 0 bridgehead atoms. The Morgan fingerprint density at radius 1 is 1.44 bits per heavy atom. The zero-order valence-corrected chi connectivity index (χ0v) is 9.08. The summed E-state index contributed by atoms with van der Waals surface area (Å²) < 4.78 is 1.81. The average molecular weight is 217 g/mol. The second kappa shape index (κ2) is 3.75. The molecule has 2 aromatic heterocycles. The smallest absolute Gasteiger partial charge is 0.245 e. The molecular weight excluding hydrogens is 202 g/mol. The van der Waals surface area contributed by atoms with Crippen LogP contribution < -0.4 is 10.6 Å². The highest BCUT2D eigenvalue weighted by Crippen LogP contribution is 2.20. The van der Waals surface area contributed by atoms with Gasteiger partial charge in [-0.1, -0.05) is 6.07 Å². The number of fused-ring (bicyclic) bond motifs is 1. The van der Waals surface area contributed by atoms with E-state index in [1.165, 1.54) is 0 Å². The van der Waals surface area contributed by atoms with Gasteiger partial charge in [-0.2, -0.15) is 4.98 Å². The SMILES string of the molecule is NCC1CCN(c2nc3ccccn3n2)C1. The average Bonchev–Trinajstić information content (AvgIpc) is 2.95. The number of nitrogens with two attached hydrogens (primary N) is 1. The molecule has 0 aliphatic carbocycles. The van der Waals surface area contributed by atoms with Crippen LogP contribution in [-0.2, 0) is 0 Å². The Morgan fingerprint density at radius 2 is 2.38 bits per heavy atom. The molecule has 1 aliphatic heterocycles. The fourth-order valence-electron chi connectivity index (χ4n) is 2.16. The second-order valence-electron chi connectivity index (χ2n) is 4.25. The third-order valence-corrected chi connectivity index (χ3v) is 3.13. The van der Waals surface area contributed by atoms with Crippen molar-refractivity contribution in [3.05, 3.63) is 24.4 Å². The molecule has 1 saturated heterocycles. The summed E-state index contributed by atoms with van der Waals surface area (Å²) in [4.78, 5) is 6.71. The van der Waals surface area contributed by atoms with Gasteiger partial charge in [-0.25, -0.2) is 4.52 Å². The molecule has 2 aromatic rings. The van der Waals surface area contributed by atoms with Crippen LogP contribution in [0, 0.1) is 5.92 Å². The zero-order chi connectivity index (χ0) is 11.0.